The molecular formula is C27H26O4. The van der Waals surface area contributed by atoms with Crippen molar-refractivity contribution in [2.45, 2.75) is 27.2 Å². The molecule has 158 valence electrons. The van der Waals surface area contributed by atoms with Gasteiger partial charge in [0.1, 0.15) is 5.75 Å². The van der Waals surface area contributed by atoms with Crippen molar-refractivity contribution in [2.24, 2.45) is 0 Å². The van der Waals surface area contributed by atoms with Crippen LogP contribution in [0.4, 0.5) is 0 Å². The lowest BCUT2D eigenvalue weighted by atomic mass is 9.93. The highest BCUT2D eigenvalue weighted by molar-refractivity contribution is 5.89. The average Bonchev–Trinajstić information content (AvgIpc) is 3.17. The van der Waals surface area contributed by atoms with Crippen LogP contribution >= 0.6 is 0 Å². The van der Waals surface area contributed by atoms with Gasteiger partial charge in [-0.2, -0.15) is 0 Å². The molecule has 0 radical (unpaired) electrons. The second-order valence-corrected chi connectivity index (χ2v) is 7.36. The van der Waals surface area contributed by atoms with Gasteiger partial charge in [0.15, 0.2) is 11.5 Å². The van der Waals surface area contributed by atoms with Gasteiger partial charge < -0.3 is 14.2 Å². The molecule has 1 aliphatic rings. The number of carbonyl (C=O) groups excluding carboxylic acids is 1. The standard InChI is InChI=1S/C27H26O4/c1-5-25(28)31-24-16-23(27(30-7-3)26(17(24)4)29-6-2)21-14-10-13-20-19-12-9-8-11-18(19)15-22(20)21/h5,8-14,16H,1,6-7,15H2,2-4H3. The average molecular weight is 415 g/mol. The zero-order valence-electron chi connectivity index (χ0n) is 18.2. The van der Waals surface area contributed by atoms with Gasteiger partial charge in [0.2, 0.25) is 0 Å². The lowest BCUT2D eigenvalue weighted by Gasteiger charge is -2.21. The summed E-state index contributed by atoms with van der Waals surface area (Å²) in [5.41, 5.74) is 7.64. The summed E-state index contributed by atoms with van der Waals surface area (Å²) in [6.07, 6.45) is 2.00. The Kier molecular flexibility index (Phi) is 5.81. The van der Waals surface area contributed by atoms with Gasteiger partial charge in [0.25, 0.3) is 0 Å². The smallest absolute Gasteiger partial charge is 0.335 e. The van der Waals surface area contributed by atoms with Crippen LogP contribution in [0.25, 0.3) is 22.3 Å². The Hall–Kier alpha value is -3.53. The molecule has 0 N–H and O–H groups in total. The quantitative estimate of drug-likeness (QED) is 0.208. The van der Waals surface area contributed by atoms with Crippen LogP contribution in [0.15, 0.2) is 61.2 Å². The Labute approximate surface area is 183 Å². The van der Waals surface area contributed by atoms with Crippen LogP contribution in [-0.2, 0) is 11.2 Å². The van der Waals surface area contributed by atoms with Crippen molar-refractivity contribution in [3.05, 3.63) is 77.9 Å². The number of hydrogen-bond acceptors (Lipinski definition) is 4. The zero-order valence-corrected chi connectivity index (χ0v) is 18.2. The van der Waals surface area contributed by atoms with Crippen molar-refractivity contribution in [2.75, 3.05) is 13.2 Å². The van der Waals surface area contributed by atoms with E-state index < -0.39 is 5.97 Å². The fourth-order valence-electron chi connectivity index (χ4n) is 4.18. The Morgan fingerprint density at radius 3 is 2.29 bits per heavy atom. The zero-order chi connectivity index (χ0) is 22.0. The van der Waals surface area contributed by atoms with E-state index >= 15 is 0 Å². The first-order valence-electron chi connectivity index (χ1n) is 10.6. The second kappa shape index (κ2) is 8.68. The molecule has 0 aliphatic heterocycles. The lowest BCUT2D eigenvalue weighted by molar-refractivity contribution is -0.129. The molecule has 0 fully saturated rings. The third-order valence-corrected chi connectivity index (χ3v) is 5.53. The Balaban J connectivity index is 1.96. The summed E-state index contributed by atoms with van der Waals surface area (Å²) < 4.78 is 17.6. The second-order valence-electron chi connectivity index (χ2n) is 7.36. The molecule has 0 spiro atoms. The molecule has 4 heteroatoms. The predicted molar refractivity (Wildman–Crippen MR) is 123 cm³/mol. The third kappa shape index (κ3) is 3.70. The summed E-state index contributed by atoms with van der Waals surface area (Å²) >= 11 is 0. The van der Waals surface area contributed by atoms with Gasteiger partial charge >= 0.3 is 5.97 Å². The third-order valence-electron chi connectivity index (χ3n) is 5.53. The lowest BCUT2D eigenvalue weighted by Crippen LogP contribution is -2.08. The summed E-state index contributed by atoms with van der Waals surface area (Å²) in [6, 6.07) is 16.6. The van der Waals surface area contributed by atoms with E-state index in [-0.39, 0.29) is 0 Å². The van der Waals surface area contributed by atoms with E-state index in [9.17, 15) is 4.79 Å². The van der Waals surface area contributed by atoms with Crippen molar-refractivity contribution in [1.82, 2.24) is 0 Å². The molecule has 3 aromatic rings. The largest absolute Gasteiger partial charge is 0.490 e. The van der Waals surface area contributed by atoms with Crippen molar-refractivity contribution in [3.63, 3.8) is 0 Å². The van der Waals surface area contributed by atoms with Gasteiger partial charge in [-0.05, 0) is 61.1 Å². The maximum Gasteiger partial charge on any atom is 0.335 e. The normalized spacial score (nSPS) is 11.5. The number of esters is 1. The van der Waals surface area contributed by atoms with E-state index in [1.54, 1.807) is 0 Å². The fraction of sp³-hybridized carbons (Fsp3) is 0.222. The number of carbonyl (C=O) groups is 1. The van der Waals surface area contributed by atoms with Crippen molar-refractivity contribution < 1.29 is 19.0 Å². The van der Waals surface area contributed by atoms with Gasteiger partial charge in [-0.1, -0.05) is 49.0 Å². The van der Waals surface area contributed by atoms with E-state index in [0.717, 1.165) is 29.2 Å². The first-order chi connectivity index (χ1) is 15.1. The van der Waals surface area contributed by atoms with Crippen LogP contribution in [0.2, 0.25) is 0 Å². The van der Waals surface area contributed by atoms with E-state index in [1.165, 1.54) is 22.3 Å². The number of rotatable bonds is 7. The SMILES string of the molecule is C=CC(=O)Oc1cc(-c2cccc3c2Cc2ccccc2-3)c(OCC)c(OCC)c1C. The minimum Gasteiger partial charge on any atom is -0.490 e. The molecule has 3 aromatic carbocycles. The number of fused-ring (bicyclic) bond motifs is 3. The van der Waals surface area contributed by atoms with Gasteiger partial charge in [-0.15, -0.1) is 0 Å². The molecule has 0 saturated carbocycles. The van der Waals surface area contributed by atoms with Crippen molar-refractivity contribution in [1.29, 1.82) is 0 Å². The summed E-state index contributed by atoms with van der Waals surface area (Å²) in [6.45, 7) is 10.2. The summed E-state index contributed by atoms with van der Waals surface area (Å²) in [5.74, 6) is 1.21. The molecule has 0 atom stereocenters. The first kappa shape index (κ1) is 20.7. The van der Waals surface area contributed by atoms with Crippen LogP contribution in [0.3, 0.4) is 0 Å². The van der Waals surface area contributed by atoms with Crippen LogP contribution in [0, 0.1) is 6.92 Å². The maximum absolute atomic E-state index is 12.0. The van der Waals surface area contributed by atoms with Crippen molar-refractivity contribution in [3.8, 4) is 39.5 Å². The highest BCUT2D eigenvalue weighted by Gasteiger charge is 2.26. The fourth-order valence-corrected chi connectivity index (χ4v) is 4.18. The molecule has 0 saturated heterocycles. The van der Waals surface area contributed by atoms with E-state index in [2.05, 4.69) is 49.0 Å². The van der Waals surface area contributed by atoms with Gasteiger partial charge in [0, 0.05) is 17.2 Å². The van der Waals surface area contributed by atoms with Crippen LogP contribution in [0.5, 0.6) is 17.2 Å². The molecule has 0 heterocycles. The highest BCUT2D eigenvalue weighted by Crippen LogP contribution is 2.49. The Morgan fingerprint density at radius 2 is 1.58 bits per heavy atom. The Morgan fingerprint density at radius 1 is 0.935 bits per heavy atom. The number of hydrogen-bond donors (Lipinski definition) is 0. The van der Waals surface area contributed by atoms with Crippen LogP contribution < -0.4 is 14.2 Å². The molecule has 31 heavy (non-hydrogen) atoms. The van der Waals surface area contributed by atoms with Crippen LogP contribution in [0.1, 0.15) is 30.5 Å². The Bertz CT molecular complexity index is 1160. The van der Waals surface area contributed by atoms with Gasteiger partial charge in [-0.25, -0.2) is 4.79 Å². The molecule has 4 rings (SSSR count). The van der Waals surface area contributed by atoms with E-state index in [4.69, 9.17) is 14.2 Å². The molecule has 0 unspecified atom stereocenters. The van der Waals surface area contributed by atoms with Gasteiger partial charge in [-0.3, -0.25) is 0 Å². The summed E-state index contributed by atoms with van der Waals surface area (Å²) in [5, 5.41) is 0. The van der Waals surface area contributed by atoms with Gasteiger partial charge in [0.05, 0.1) is 13.2 Å². The minimum absolute atomic E-state index is 0.444. The van der Waals surface area contributed by atoms with E-state index in [1.807, 2.05) is 26.8 Å². The topological polar surface area (TPSA) is 44.8 Å². The van der Waals surface area contributed by atoms with E-state index in [0.29, 0.717) is 30.5 Å². The first-order valence-corrected chi connectivity index (χ1v) is 10.6. The molecule has 0 amide bonds. The predicted octanol–water partition coefficient (Wildman–Crippen LogP) is 6.12. The summed E-state index contributed by atoms with van der Waals surface area (Å²) in [4.78, 5) is 12.0. The number of ether oxygens (including phenoxy) is 3. The molecule has 1 aliphatic carbocycles. The van der Waals surface area contributed by atoms with Crippen molar-refractivity contribution >= 4 is 5.97 Å². The maximum atomic E-state index is 12.0. The molecular weight excluding hydrogens is 388 g/mol. The molecule has 0 aromatic heterocycles. The highest BCUT2D eigenvalue weighted by atomic mass is 16.5. The molecule has 0 bridgehead atoms. The molecule has 4 nitrogen and oxygen atoms in total. The number of benzene rings is 3. The minimum atomic E-state index is -0.508. The summed E-state index contributed by atoms with van der Waals surface area (Å²) in [7, 11) is 0. The monoisotopic (exact) mass is 414 g/mol. The van der Waals surface area contributed by atoms with Crippen LogP contribution in [-0.4, -0.2) is 19.2 Å².